The van der Waals surface area contributed by atoms with E-state index in [9.17, 15) is 26.3 Å². The molecule has 0 aromatic carbocycles. The fourth-order valence-corrected chi connectivity index (χ4v) is 1.11. The monoisotopic (exact) mass is 303 g/mol. The first kappa shape index (κ1) is 15.9. The van der Waals surface area contributed by atoms with Crippen molar-refractivity contribution >= 4 is 5.84 Å². The molecular formula is C9H7F6N3O2. The molecule has 0 amide bonds. The Morgan fingerprint density at radius 2 is 1.75 bits per heavy atom. The lowest BCUT2D eigenvalue weighted by Gasteiger charge is -2.23. The Kier molecular flexibility index (Phi) is 4.30. The van der Waals surface area contributed by atoms with Gasteiger partial charge in [-0.05, 0) is 6.07 Å². The van der Waals surface area contributed by atoms with Gasteiger partial charge in [0.2, 0.25) is 5.88 Å². The second-order valence-corrected chi connectivity index (χ2v) is 3.43. The molecule has 1 aromatic rings. The summed E-state index contributed by atoms with van der Waals surface area (Å²) in [6, 6.07) is 2.93. The van der Waals surface area contributed by atoms with Crippen LogP contribution in [0.4, 0.5) is 26.3 Å². The molecule has 0 spiro atoms. The molecule has 0 aliphatic carbocycles. The Balaban J connectivity index is 3.07. The maximum atomic E-state index is 12.3. The van der Waals surface area contributed by atoms with E-state index in [4.69, 9.17) is 10.9 Å². The molecule has 0 fully saturated rings. The summed E-state index contributed by atoms with van der Waals surface area (Å²) in [6.45, 7) is 0. The van der Waals surface area contributed by atoms with E-state index in [1.807, 2.05) is 0 Å². The van der Waals surface area contributed by atoms with Gasteiger partial charge in [0.05, 0.1) is 0 Å². The lowest BCUT2D eigenvalue weighted by molar-refractivity contribution is -0.300. The zero-order chi connectivity index (χ0) is 15.6. The lowest BCUT2D eigenvalue weighted by atomic mass is 10.3. The highest BCUT2D eigenvalue weighted by Crippen LogP contribution is 2.36. The van der Waals surface area contributed by atoms with Crippen LogP contribution in [0.5, 0.6) is 5.88 Å². The van der Waals surface area contributed by atoms with E-state index in [0.29, 0.717) is 0 Å². The van der Waals surface area contributed by atoms with Gasteiger partial charge in [-0.15, -0.1) is 0 Å². The van der Waals surface area contributed by atoms with Crippen LogP contribution in [-0.2, 0) is 0 Å². The molecule has 0 aliphatic rings. The van der Waals surface area contributed by atoms with Gasteiger partial charge in [0.25, 0.3) is 6.10 Å². The summed E-state index contributed by atoms with van der Waals surface area (Å²) < 4.78 is 77.4. The number of ether oxygens (including phenoxy) is 1. The highest BCUT2D eigenvalue weighted by atomic mass is 19.4. The number of hydrogen-bond acceptors (Lipinski definition) is 4. The van der Waals surface area contributed by atoms with Crippen LogP contribution >= 0.6 is 0 Å². The highest BCUT2D eigenvalue weighted by Gasteiger charge is 2.59. The van der Waals surface area contributed by atoms with Gasteiger partial charge < -0.3 is 15.7 Å². The Hall–Kier alpha value is -2.20. The van der Waals surface area contributed by atoms with Crippen LogP contribution in [0.2, 0.25) is 0 Å². The van der Waals surface area contributed by atoms with Gasteiger partial charge in [0, 0.05) is 6.07 Å². The minimum absolute atomic E-state index is 0.340. The molecule has 112 valence electrons. The van der Waals surface area contributed by atoms with Crippen LogP contribution < -0.4 is 10.5 Å². The van der Waals surface area contributed by atoms with Crippen molar-refractivity contribution in [1.82, 2.24) is 4.98 Å². The summed E-state index contributed by atoms with van der Waals surface area (Å²) >= 11 is 0. The molecule has 11 heteroatoms. The van der Waals surface area contributed by atoms with Crippen molar-refractivity contribution in [2.45, 2.75) is 18.5 Å². The number of nitrogens with zero attached hydrogens (tertiary/aromatic N) is 2. The number of oxime groups is 1. The van der Waals surface area contributed by atoms with E-state index in [2.05, 4.69) is 14.9 Å². The molecule has 0 atom stereocenters. The second kappa shape index (κ2) is 5.43. The van der Waals surface area contributed by atoms with Crippen LogP contribution in [0.3, 0.4) is 0 Å². The number of nitrogens with two attached hydrogens (primary N) is 1. The molecule has 3 N–H and O–H groups in total. The molecule has 0 saturated carbocycles. The molecular weight excluding hydrogens is 296 g/mol. The number of rotatable bonds is 3. The van der Waals surface area contributed by atoms with Gasteiger partial charge >= 0.3 is 12.4 Å². The first-order valence-corrected chi connectivity index (χ1v) is 4.80. The Bertz CT molecular complexity index is 485. The molecule has 1 heterocycles. The average molecular weight is 303 g/mol. The van der Waals surface area contributed by atoms with Crippen LogP contribution in [0, 0.1) is 0 Å². The molecule has 1 aromatic heterocycles. The number of aromatic nitrogens is 1. The number of alkyl halides is 6. The average Bonchev–Trinajstić information content (AvgIpc) is 2.32. The zero-order valence-electron chi connectivity index (χ0n) is 9.40. The molecule has 1 rings (SSSR count). The minimum atomic E-state index is -5.66. The normalized spacial score (nSPS) is 13.7. The van der Waals surface area contributed by atoms with Crippen molar-refractivity contribution in [3.63, 3.8) is 0 Å². The molecule has 0 bridgehead atoms. The van der Waals surface area contributed by atoms with Crippen LogP contribution in [0.15, 0.2) is 23.4 Å². The van der Waals surface area contributed by atoms with E-state index in [-0.39, 0.29) is 5.69 Å². The van der Waals surface area contributed by atoms with Crippen LogP contribution in [-0.4, -0.2) is 34.5 Å². The first-order chi connectivity index (χ1) is 9.05. The number of amidine groups is 1. The van der Waals surface area contributed by atoms with E-state index >= 15 is 0 Å². The highest BCUT2D eigenvalue weighted by molar-refractivity contribution is 5.95. The topological polar surface area (TPSA) is 80.7 Å². The SMILES string of the molecule is N/C(=N/O)c1cccc(OC(C(F)(F)F)C(F)(F)F)n1. The van der Waals surface area contributed by atoms with E-state index in [0.717, 1.165) is 18.2 Å². The molecule has 0 saturated heterocycles. The second-order valence-electron chi connectivity index (χ2n) is 3.43. The number of hydrogen-bond donors (Lipinski definition) is 2. The smallest absolute Gasteiger partial charge is 0.434 e. The number of pyridine rings is 1. The van der Waals surface area contributed by atoms with Gasteiger partial charge in [-0.25, -0.2) is 4.98 Å². The standard InChI is InChI=1S/C9H7F6N3O2/c10-8(11,12)7(9(13,14)15)20-5-3-1-2-4(17-5)6(16)18-19/h1-3,7,19H,(H2,16,18). The third kappa shape index (κ3) is 3.90. The maximum absolute atomic E-state index is 12.3. The summed E-state index contributed by atoms with van der Waals surface area (Å²) in [5.74, 6) is -1.56. The van der Waals surface area contributed by atoms with Gasteiger partial charge in [0.1, 0.15) is 5.69 Å². The van der Waals surface area contributed by atoms with E-state index < -0.39 is 30.2 Å². The van der Waals surface area contributed by atoms with Gasteiger partial charge in [-0.3, -0.25) is 0 Å². The van der Waals surface area contributed by atoms with Crippen molar-refractivity contribution in [2.75, 3.05) is 0 Å². The summed E-state index contributed by atoms with van der Waals surface area (Å²) in [4.78, 5) is 3.27. The summed E-state index contributed by atoms with van der Waals surface area (Å²) in [6.07, 6.45) is -15.3. The third-order valence-corrected chi connectivity index (χ3v) is 1.93. The van der Waals surface area contributed by atoms with Crippen LogP contribution in [0.25, 0.3) is 0 Å². The van der Waals surface area contributed by atoms with E-state index in [1.54, 1.807) is 0 Å². The Labute approximate surface area is 107 Å². The van der Waals surface area contributed by atoms with Crippen molar-refractivity contribution in [3.8, 4) is 5.88 Å². The quantitative estimate of drug-likeness (QED) is 0.294. The zero-order valence-corrected chi connectivity index (χ0v) is 9.40. The maximum Gasteiger partial charge on any atom is 0.434 e. The molecule has 0 radical (unpaired) electrons. The van der Waals surface area contributed by atoms with Gasteiger partial charge in [-0.2, -0.15) is 26.3 Å². The van der Waals surface area contributed by atoms with E-state index in [1.165, 1.54) is 0 Å². The molecule has 5 nitrogen and oxygen atoms in total. The fourth-order valence-electron chi connectivity index (χ4n) is 1.11. The predicted octanol–water partition coefficient (Wildman–Crippen LogP) is 2.05. The Morgan fingerprint density at radius 1 is 1.20 bits per heavy atom. The third-order valence-electron chi connectivity index (χ3n) is 1.93. The van der Waals surface area contributed by atoms with Crippen molar-refractivity contribution in [2.24, 2.45) is 10.9 Å². The summed E-state index contributed by atoms with van der Waals surface area (Å²) in [5.41, 5.74) is 4.76. The van der Waals surface area contributed by atoms with Gasteiger partial charge in [0.15, 0.2) is 5.84 Å². The minimum Gasteiger partial charge on any atom is -0.455 e. The Morgan fingerprint density at radius 3 is 2.20 bits per heavy atom. The first-order valence-electron chi connectivity index (χ1n) is 4.80. The summed E-state index contributed by atoms with van der Waals surface area (Å²) in [7, 11) is 0. The predicted molar refractivity (Wildman–Crippen MR) is 53.3 cm³/mol. The summed E-state index contributed by atoms with van der Waals surface area (Å²) in [5, 5.41) is 10.9. The number of halogens is 6. The largest absolute Gasteiger partial charge is 0.455 e. The van der Waals surface area contributed by atoms with Crippen molar-refractivity contribution in [3.05, 3.63) is 23.9 Å². The van der Waals surface area contributed by atoms with Crippen LogP contribution in [0.1, 0.15) is 5.69 Å². The van der Waals surface area contributed by atoms with Crippen molar-refractivity contribution in [1.29, 1.82) is 0 Å². The fraction of sp³-hybridized carbons (Fsp3) is 0.333. The molecule has 0 aliphatic heterocycles. The van der Waals surface area contributed by atoms with Crippen molar-refractivity contribution < 1.29 is 36.3 Å². The van der Waals surface area contributed by atoms with Gasteiger partial charge in [-0.1, -0.05) is 11.2 Å². The molecule has 20 heavy (non-hydrogen) atoms. The molecule has 0 unspecified atom stereocenters. The lowest BCUT2D eigenvalue weighted by Crippen LogP contribution is -2.46.